The Balaban J connectivity index is 0.000000500. The van der Waals surface area contributed by atoms with Crippen LogP contribution in [0.2, 0.25) is 0 Å². The van der Waals surface area contributed by atoms with Gasteiger partial charge < -0.3 is 16.6 Å². The van der Waals surface area contributed by atoms with Crippen molar-refractivity contribution in [2.24, 2.45) is 5.73 Å². The van der Waals surface area contributed by atoms with Crippen LogP contribution < -0.4 is 11.5 Å². The third-order valence-corrected chi connectivity index (χ3v) is 2.50. The summed E-state index contributed by atoms with van der Waals surface area (Å²) in [6.07, 6.45) is 1.09. The van der Waals surface area contributed by atoms with Crippen molar-refractivity contribution in [3.8, 4) is 0 Å². The number of rotatable bonds is 2. The Kier molecular flexibility index (Phi) is 5.31. The number of primary amides is 1. The lowest BCUT2D eigenvalue weighted by Gasteiger charge is -1.86. The van der Waals surface area contributed by atoms with E-state index in [0.717, 1.165) is 11.3 Å². The first kappa shape index (κ1) is 12.4. The standard InChI is InChI=1S/C7H9NO2S.CH3NO/c1-2-4-3-5(7(9)10)6(8)11-4;2-1-3/h3H,2,8H2,1H3,(H,9,10);1H,(H2,2,3). The molecule has 0 saturated carbocycles. The molecule has 0 spiro atoms. The van der Waals surface area contributed by atoms with Crippen LogP contribution in [0.15, 0.2) is 6.07 Å². The van der Waals surface area contributed by atoms with Crippen LogP contribution in [0, 0.1) is 0 Å². The van der Waals surface area contributed by atoms with Gasteiger partial charge in [-0.15, -0.1) is 11.3 Å². The highest BCUT2D eigenvalue weighted by Gasteiger charge is 2.10. The van der Waals surface area contributed by atoms with E-state index in [1.165, 1.54) is 11.3 Å². The van der Waals surface area contributed by atoms with Gasteiger partial charge in [-0.3, -0.25) is 4.79 Å². The highest BCUT2D eigenvalue weighted by Crippen LogP contribution is 2.24. The van der Waals surface area contributed by atoms with E-state index in [9.17, 15) is 4.79 Å². The van der Waals surface area contributed by atoms with Crippen LogP contribution in [0.5, 0.6) is 0 Å². The fraction of sp³-hybridized carbons (Fsp3) is 0.250. The second-order valence-electron chi connectivity index (χ2n) is 2.29. The fourth-order valence-electron chi connectivity index (χ4n) is 0.799. The first-order chi connectivity index (χ1) is 6.56. The van der Waals surface area contributed by atoms with Crippen LogP contribution in [0.3, 0.4) is 0 Å². The Morgan fingerprint density at radius 2 is 2.21 bits per heavy atom. The molecule has 1 rings (SSSR count). The van der Waals surface area contributed by atoms with Crippen molar-refractivity contribution in [3.63, 3.8) is 0 Å². The zero-order chi connectivity index (χ0) is 11.1. The quantitative estimate of drug-likeness (QED) is 0.632. The van der Waals surface area contributed by atoms with Crippen LogP contribution in [-0.4, -0.2) is 17.5 Å². The number of hydrogen-bond donors (Lipinski definition) is 3. The van der Waals surface area contributed by atoms with Crippen molar-refractivity contribution in [1.82, 2.24) is 0 Å². The molecule has 0 aliphatic carbocycles. The number of carbonyl (C=O) groups excluding carboxylic acids is 1. The Bertz CT molecular complexity index is 322. The number of carbonyl (C=O) groups is 2. The average molecular weight is 216 g/mol. The summed E-state index contributed by atoms with van der Waals surface area (Å²) in [6, 6.07) is 1.63. The highest BCUT2D eigenvalue weighted by atomic mass is 32.1. The molecule has 0 aliphatic heterocycles. The summed E-state index contributed by atoms with van der Waals surface area (Å²) in [5, 5.41) is 9.00. The molecule has 0 aromatic carbocycles. The molecule has 1 aromatic heterocycles. The van der Waals surface area contributed by atoms with Crippen LogP contribution >= 0.6 is 11.3 Å². The molecule has 5 N–H and O–H groups in total. The fourth-order valence-corrected chi connectivity index (χ4v) is 1.66. The maximum atomic E-state index is 10.5. The molecule has 0 unspecified atom stereocenters. The van der Waals surface area contributed by atoms with Crippen molar-refractivity contribution in [2.45, 2.75) is 13.3 Å². The van der Waals surface area contributed by atoms with Crippen LogP contribution in [-0.2, 0) is 11.2 Å². The minimum Gasteiger partial charge on any atom is -0.478 e. The number of amides is 1. The molecule has 0 atom stereocenters. The molecule has 0 bridgehead atoms. The summed E-state index contributed by atoms with van der Waals surface area (Å²) in [5.74, 6) is -0.946. The van der Waals surface area contributed by atoms with Gasteiger partial charge in [0.25, 0.3) is 0 Å². The molecule has 1 amide bonds. The maximum Gasteiger partial charge on any atom is 0.338 e. The Morgan fingerprint density at radius 3 is 2.43 bits per heavy atom. The van der Waals surface area contributed by atoms with Crippen LogP contribution in [0.1, 0.15) is 22.2 Å². The monoisotopic (exact) mass is 216 g/mol. The third-order valence-electron chi connectivity index (χ3n) is 1.39. The summed E-state index contributed by atoms with van der Waals surface area (Å²) >= 11 is 1.34. The lowest BCUT2D eigenvalue weighted by Crippen LogP contribution is -1.97. The van der Waals surface area contributed by atoms with Crippen molar-refractivity contribution in [1.29, 1.82) is 0 Å². The first-order valence-corrected chi connectivity index (χ1v) is 4.65. The van der Waals surface area contributed by atoms with E-state index in [2.05, 4.69) is 5.73 Å². The van der Waals surface area contributed by atoms with Crippen molar-refractivity contribution >= 4 is 28.7 Å². The second-order valence-corrected chi connectivity index (χ2v) is 3.45. The van der Waals surface area contributed by atoms with Crippen molar-refractivity contribution in [3.05, 3.63) is 16.5 Å². The van der Waals surface area contributed by atoms with E-state index < -0.39 is 5.97 Å². The van der Waals surface area contributed by atoms with Gasteiger partial charge in [0.15, 0.2) is 0 Å². The summed E-state index contributed by atoms with van der Waals surface area (Å²) in [7, 11) is 0. The lowest BCUT2D eigenvalue weighted by atomic mass is 10.3. The minimum absolute atomic E-state index is 0.229. The van der Waals surface area contributed by atoms with Crippen LogP contribution in [0.4, 0.5) is 5.00 Å². The summed E-state index contributed by atoms with van der Waals surface area (Å²) in [4.78, 5) is 20.1. The molecule has 78 valence electrons. The predicted octanol–water partition coefficient (Wildman–Crippen LogP) is 0.692. The van der Waals surface area contributed by atoms with Gasteiger partial charge in [0.2, 0.25) is 6.41 Å². The molecular weight excluding hydrogens is 204 g/mol. The molecule has 1 heterocycles. The number of hydrogen-bond acceptors (Lipinski definition) is 4. The second kappa shape index (κ2) is 5.98. The molecule has 1 aromatic rings. The number of carboxylic acid groups (broad SMARTS) is 1. The molecule has 0 saturated heterocycles. The van der Waals surface area contributed by atoms with Crippen molar-refractivity contribution < 1.29 is 14.7 Å². The lowest BCUT2D eigenvalue weighted by molar-refractivity contribution is -0.106. The van der Waals surface area contributed by atoms with Crippen molar-refractivity contribution in [2.75, 3.05) is 5.73 Å². The Morgan fingerprint density at radius 1 is 1.71 bits per heavy atom. The molecule has 14 heavy (non-hydrogen) atoms. The van der Waals surface area contributed by atoms with Gasteiger partial charge in [-0.25, -0.2) is 4.79 Å². The largest absolute Gasteiger partial charge is 0.478 e. The predicted molar refractivity (Wildman–Crippen MR) is 55.3 cm³/mol. The maximum absolute atomic E-state index is 10.5. The third kappa shape index (κ3) is 3.44. The summed E-state index contributed by atoms with van der Waals surface area (Å²) < 4.78 is 0. The van der Waals surface area contributed by atoms with Gasteiger partial charge in [0.1, 0.15) is 5.00 Å². The zero-order valence-electron chi connectivity index (χ0n) is 7.69. The average Bonchev–Trinajstić information content (AvgIpc) is 2.48. The SMILES string of the molecule is CCc1cc(C(=O)O)c(N)s1.NC=O. The minimum atomic E-state index is -0.946. The highest BCUT2D eigenvalue weighted by molar-refractivity contribution is 7.16. The molecule has 0 aliphatic rings. The summed E-state index contributed by atoms with van der Waals surface area (Å²) in [6.45, 7) is 1.97. The van der Waals surface area contributed by atoms with Gasteiger partial charge in [-0.1, -0.05) is 6.92 Å². The first-order valence-electron chi connectivity index (χ1n) is 3.83. The van der Waals surface area contributed by atoms with Gasteiger partial charge in [-0.2, -0.15) is 0 Å². The van der Waals surface area contributed by atoms with E-state index >= 15 is 0 Å². The van der Waals surface area contributed by atoms with Gasteiger partial charge >= 0.3 is 5.97 Å². The number of nitrogens with two attached hydrogens (primary N) is 2. The van der Waals surface area contributed by atoms with E-state index in [4.69, 9.17) is 15.6 Å². The normalized spacial score (nSPS) is 8.64. The zero-order valence-corrected chi connectivity index (χ0v) is 8.50. The molecular formula is C8H12N2O3S. The summed E-state index contributed by atoms with van der Waals surface area (Å²) in [5.41, 5.74) is 9.85. The van der Waals surface area contributed by atoms with Gasteiger partial charge in [0, 0.05) is 4.88 Å². The number of aromatic carboxylic acids is 1. The Labute approximate surface area is 85.3 Å². The van der Waals surface area contributed by atoms with E-state index in [-0.39, 0.29) is 12.0 Å². The van der Waals surface area contributed by atoms with Crippen LogP contribution in [0.25, 0.3) is 0 Å². The smallest absolute Gasteiger partial charge is 0.338 e. The molecule has 5 nitrogen and oxygen atoms in total. The number of nitrogen functional groups attached to an aromatic ring is 1. The van der Waals surface area contributed by atoms with Gasteiger partial charge in [-0.05, 0) is 12.5 Å². The number of thiophene rings is 1. The molecule has 6 heteroatoms. The number of anilines is 1. The molecule has 0 fully saturated rings. The number of aryl methyl sites for hydroxylation is 1. The van der Waals surface area contributed by atoms with E-state index in [1.54, 1.807) is 6.07 Å². The van der Waals surface area contributed by atoms with Gasteiger partial charge in [0.05, 0.1) is 5.56 Å². The van der Waals surface area contributed by atoms with E-state index in [0.29, 0.717) is 5.00 Å². The Hall–Kier alpha value is -1.56. The molecule has 0 radical (unpaired) electrons. The topological polar surface area (TPSA) is 106 Å². The number of carboxylic acids is 1. The van der Waals surface area contributed by atoms with E-state index in [1.807, 2.05) is 6.92 Å².